The van der Waals surface area contributed by atoms with E-state index in [0.29, 0.717) is 5.69 Å². The van der Waals surface area contributed by atoms with Gasteiger partial charge in [0.1, 0.15) is 10.7 Å². The van der Waals surface area contributed by atoms with Gasteiger partial charge in [-0.05, 0) is 19.1 Å². The van der Waals surface area contributed by atoms with Gasteiger partial charge in [-0.3, -0.25) is 10.1 Å². The van der Waals surface area contributed by atoms with E-state index in [4.69, 9.17) is 4.74 Å². The van der Waals surface area contributed by atoms with Crippen molar-refractivity contribution in [2.24, 2.45) is 0 Å². The molecule has 1 aromatic carbocycles. The van der Waals surface area contributed by atoms with Crippen molar-refractivity contribution in [2.75, 3.05) is 12.4 Å². The van der Waals surface area contributed by atoms with Crippen LogP contribution in [-0.4, -0.2) is 17.0 Å². The van der Waals surface area contributed by atoms with Crippen molar-refractivity contribution in [3.63, 3.8) is 0 Å². The van der Waals surface area contributed by atoms with Crippen LogP contribution in [0.1, 0.15) is 18.0 Å². The first kappa shape index (κ1) is 13.3. The number of nitrogens with zero attached hydrogens (tertiary/aromatic N) is 2. The summed E-state index contributed by atoms with van der Waals surface area (Å²) in [6.45, 7) is 1.90. The second kappa shape index (κ2) is 5.66. The number of thiazole rings is 1. The molecule has 1 N–H and O–H groups in total. The van der Waals surface area contributed by atoms with Crippen LogP contribution in [0.15, 0.2) is 29.8 Å². The van der Waals surface area contributed by atoms with Gasteiger partial charge in [0.15, 0.2) is 5.75 Å². The molecule has 100 valence electrons. The summed E-state index contributed by atoms with van der Waals surface area (Å²) in [5.41, 5.74) is 0.362. The summed E-state index contributed by atoms with van der Waals surface area (Å²) in [6.07, 6.45) is 1.71. The quantitative estimate of drug-likeness (QED) is 0.671. The van der Waals surface area contributed by atoms with Crippen molar-refractivity contribution >= 4 is 22.7 Å². The number of rotatable bonds is 5. The van der Waals surface area contributed by atoms with Crippen LogP contribution in [-0.2, 0) is 0 Å². The molecule has 0 aliphatic rings. The lowest BCUT2D eigenvalue weighted by Crippen LogP contribution is -2.08. The van der Waals surface area contributed by atoms with Crippen molar-refractivity contribution in [3.8, 4) is 5.75 Å². The smallest absolute Gasteiger partial charge is 0.333 e. The molecule has 1 aromatic heterocycles. The number of hydrogen-bond donors (Lipinski definition) is 1. The number of nitro benzene ring substituents is 1. The van der Waals surface area contributed by atoms with Crippen LogP contribution in [0.4, 0.5) is 11.4 Å². The van der Waals surface area contributed by atoms with Gasteiger partial charge in [0, 0.05) is 11.6 Å². The lowest BCUT2D eigenvalue weighted by atomic mass is 10.2. The maximum absolute atomic E-state index is 11.1. The molecule has 0 radical (unpaired) electrons. The molecule has 6 nitrogen and oxygen atoms in total. The molecule has 0 aliphatic carbocycles. The number of nitrogens with one attached hydrogen (secondary N) is 1. The van der Waals surface area contributed by atoms with Crippen LogP contribution in [0.3, 0.4) is 0 Å². The molecule has 0 saturated carbocycles. The van der Waals surface area contributed by atoms with Gasteiger partial charge in [-0.2, -0.15) is 0 Å². The average molecular weight is 279 g/mol. The fraction of sp³-hybridized carbons (Fsp3) is 0.250. The predicted molar refractivity (Wildman–Crippen MR) is 73.8 cm³/mol. The van der Waals surface area contributed by atoms with Crippen LogP contribution in [0.25, 0.3) is 0 Å². The maximum atomic E-state index is 11.1. The van der Waals surface area contributed by atoms with E-state index >= 15 is 0 Å². The summed E-state index contributed by atoms with van der Waals surface area (Å²) in [6, 6.07) is 4.83. The molecule has 0 amide bonds. The van der Waals surface area contributed by atoms with E-state index in [0.717, 1.165) is 5.01 Å². The molecule has 0 saturated heterocycles. The molecule has 0 fully saturated rings. The first-order chi connectivity index (χ1) is 9.13. The minimum absolute atomic E-state index is 0.0617. The molecule has 19 heavy (non-hydrogen) atoms. The second-order valence-electron chi connectivity index (χ2n) is 3.85. The standard InChI is InChI=1S/C12H13N3O3S/c1-8(12-13-6-7-19-12)14-9-4-3-5-10(18-2)11(9)15(16)17/h3-8,14H,1-2H3. The topological polar surface area (TPSA) is 77.3 Å². The van der Waals surface area contributed by atoms with Crippen molar-refractivity contribution in [1.29, 1.82) is 0 Å². The number of hydrogen-bond acceptors (Lipinski definition) is 6. The summed E-state index contributed by atoms with van der Waals surface area (Å²) >= 11 is 1.50. The Morgan fingerprint density at radius 3 is 2.89 bits per heavy atom. The third-order valence-corrected chi connectivity index (χ3v) is 3.55. The molecule has 1 unspecified atom stereocenters. The highest BCUT2D eigenvalue weighted by molar-refractivity contribution is 7.09. The van der Waals surface area contributed by atoms with Crippen molar-refractivity contribution in [3.05, 3.63) is 44.9 Å². The van der Waals surface area contributed by atoms with Gasteiger partial charge in [0.25, 0.3) is 0 Å². The minimum atomic E-state index is -0.449. The van der Waals surface area contributed by atoms with E-state index in [9.17, 15) is 10.1 Å². The number of benzene rings is 1. The Balaban J connectivity index is 2.32. The molecule has 0 aliphatic heterocycles. The minimum Gasteiger partial charge on any atom is -0.490 e. The molecular weight excluding hydrogens is 266 g/mol. The number of para-hydroxylation sites is 1. The van der Waals surface area contributed by atoms with Gasteiger partial charge < -0.3 is 10.1 Å². The van der Waals surface area contributed by atoms with Gasteiger partial charge >= 0.3 is 5.69 Å². The zero-order valence-corrected chi connectivity index (χ0v) is 11.3. The number of ether oxygens (including phenoxy) is 1. The predicted octanol–water partition coefficient (Wildman–Crippen LogP) is 3.23. The molecule has 0 bridgehead atoms. The van der Waals surface area contributed by atoms with E-state index in [1.807, 2.05) is 12.3 Å². The number of nitro groups is 1. The number of anilines is 1. The highest BCUT2D eigenvalue weighted by Gasteiger charge is 2.22. The van der Waals surface area contributed by atoms with Gasteiger partial charge in [0.2, 0.25) is 0 Å². The average Bonchev–Trinajstić information content (AvgIpc) is 2.92. The molecule has 0 spiro atoms. The Hall–Kier alpha value is -2.15. The zero-order valence-electron chi connectivity index (χ0n) is 10.5. The first-order valence-corrected chi connectivity index (χ1v) is 6.48. The fourth-order valence-electron chi connectivity index (χ4n) is 1.74. The lowest BCUT2D eigenvalue weighted by molar-refractivity contribution is -0.384. The molecule has 7 heteroatoms. The first-order valence-electron chi connectivity index (χ1n) is 5.60. The van der Waals surface area contributed by atoms with Gasteiger partial charge in [-0.15, -0.1) is 11.3 Å². The van der Waals surface area contributed by atoms with Gasteiger partial charge in [0.05, 0.1) is 18.1 Å². The molecular formula is C12H13N3O3S. The normalized spacial score (nSPS) is 11.9. The third-order valence-electron chi connectivity index (χ3n) is 2.60. The van der Waals surface area contributed by atoms with Gasteiger partial charge in [-0.25, -0.2) is 4.98 Å². The molecule has 2 aromatic rings. The Morgan fingerprint density at radius 2 is 2.32 bits per heavy atom. The van der Waals surface area contributed by atoms with Crippen LogP contribution in [0.5, 0.6) is 5.75 Å². The SMILES string of the molecule is COc1cccc(NC(C)c2nccs2)c1[N+](=O)[O-]. The summed E-state index contributed by atoms with van der Waals surface area (Å²) < 4.78 is 5.02. The van der Waals surface area contributed by atoms with E-state index < -0.39 is 4.92 Å². The lowest BCUT2D eigenvalue weighted by Gasteiger charge is -2.14. The second-order valence-corrected chi connectivity index (χ2v) is 4.78. The van der Waals surface area contributed by atoms with Crippen LogP contribution >= 0.6 is 11.3 Å². The van der Waals surface area contributed by atoms with E-state index in [1.54, 1.807) is 24.4 Å². The van der Waals surface area contributed by atoms with E-state index in [1.165, 1.54) is 18.4 Å². The van der Waals surface area contributed by atoms with Crippen LogP contribution < -0.4 is 10.1 Å². The monoisotopic (exact) mass is 279 g/mol. The van der Waals surface area contributed by atoms with Gasteiger partial charge in [-0.1, -0.05) is 6.07 Å². The zero-order chi connectivity index (χ0) is 13.8. The highest BCUT2D eigenvalue weighted by atomic mass is 32.1. The van der Waals surface area contributed by atoms with E-state index in [-0.39, 0.29) is 17.5 Å². The summed E-state index contributed by atoms with van der Waals surface area (Å²) in [5.74, 6) is 0.237. The summed E-state index contributed by atoms with van der Waals surface area (Å²) in [5, 5.41) is 17.0. The summed E-state index contributed by atoms with van der Waals surface area (Å²) in [7, 11) is 1.41. The Labute approximate surface area is 114 Å². The Morgan fingerprint density at radius 1 is 1.53 bits per heavy atom. The van der Waals surface area contributed by atoms with Crippen molar-refractivity contribution < 1.29 is 9.66 Å². The number of aromatic nitrogens is 1. The third kappa shape index (κ3) is 2.82. The fourth-order valence-corrected chi connectivity index (χ4v) is 2.38. The Bertz CT molecular complexity index is 572. The Kier molecular flexibility index (Phi) is 3.96. The summed E-state index contributed by atoms with van der Waals surface area (Å²) in [4.78, 5) is 14.9. The molecule has 1 atom stereocenters. The molecule has 2 rings (SSSR count). The largest absolute Gasteiger partial charge is 0.490 e. The maximum Gasteiger partial charge on any atom is 0.333 e. The van der Waals surface area contributed by atoms with Crippen molar-refractivity contribution in [1.82, 2.24) is 4.98 Å². The highest BCUT2D eigenvalue weighted by Crippen LogP contribution is 2.36. The van der Waals surface area contributed by atoms with E-state index in [2.05, 4.69) is 10.3 Å². The van der Waals surface area contributed by atoms with Crippen molar-refractivity contribution in [2.45, 2.75) is 13.0 Å². The number of methoxy groups -OCH3 is 1. The van der Waals surface area contributed by atoms with Crippen LogP contribution in [0.2, 0.25) is 0 Å². The molecule has 1 heterocycles. The van der Waals surface area contributed by atoms with Crippen LogP contribution in [0, 0.1) is 10.1 Å².